The maximum absolute atomic E-state index is 12.7. The molecule has 0 aliphatic rings. The Bertz CT molecular complexity index is 1260. The van der Waals surface area contributed by atoms with Crippen LogP contribution < -0.4 is 10.6 Å². The van der Waals surface area contributed by atoms with Crippen molar-refractivity contribution in [3.63, 3.8) is 0 Å². The Morgan fingerprint density at radius 1 is 0.667 bits per heavy atom. The van der Waals surface area contributed by atoms with Crippen LogP contribution in [0.3, 0.4) is 0 Å². The first-order valence-corrected chi connectivity index (χ1v) is 11.5. The topological polar surface area (TPSA) is 106 Å². The highest BCUT2D eigenvalue weighted by Gasteiger charge is 2.15. The number of benzene rings is 3. The average molecular weight is 475 g/mol. The van der Waals surface area contributed by atoms with Crippen molar-refractivity contribution >= 4 is 24.0 Å². The van der Waals surface area contributed by atoms with Gasteiger partial charge in [-0.3, -0.25) is 9.59 Å². The fourth-order valence-corrected chi connectivity index (χ4v) is 3.57. The van der Waals surface area contributed by atoms with Crippen LogP contribution in [0.4, 0.5) is 0 Å². The number of amides is 2. The molecule has 36 heavy (non-hydrogen) atoms. The molecule has 178 valence electrons. The van der Waals surface area contributed by atoms with Gasteiger partial charge in [0.05, 0.1) is 12.1 Å². The molecule has 3 rings (SSSR count). The fourth-order valence-electron chi connectivity index (χ4n) is 3.57. The van der Waals surface area contributed by atoms with Gasteiger partial charge in [0.2, 0.25) is 0 Å². The number of carbonyl (C=O) groups is 2. The summed E-state index contributed by atoms with van der Waals surface area (Å²) in [7, 11) is 0. The zero-order valence-electron chi connectivity index (χ0n) is 20.1. The van der Waals surface area contributed by atoms with Crippen LogP contribution in [0.15, 0.2) is 96.1 Å². The quantitative estimate of drug-likeness (QED) is 0.343. The van der Waals surface area contributed by atoms with Gasteiger partial charge in [0, 0.05) is 0 Å². The van der Waals surface area contributed by atoms with Crippen LogP contribution in [0.2, 0.25) is 0 Å². The molecule has 0 aliphatic carbocycles. The van der Waals surface area contributed by atoms with Gasteiger partial charge < -0.3 is 10.6 Å². The summed E-state index contributed by atoms with van der Waals surface area (Å²) in [6, 6.07) is 29.2. The van der Waals surface area contributed by atoms with Gasteiger partial charge in [-0.15, -0.1) is 0 Å². The number of carbonyl (C=O) groups excluding carboxylic acids is 2. The van der Waals surface area contributed by atoms with Gasteiger partial charge in [0.1, 0.15) is 23.3 Å². The van der Waals surface area contributed by atoms with Crippen LogP contribution in [0.1, 0.15) is 48.2 Å². The molecular formula is C30H26N4O2. The molecule has 3 aromatic carbocycles. The lowest BCUT2D eigenvalue weighted by Gasteiger charge is -2.14. The predicted octanol–water partition coefficient (Wildman–Crippen LogP) is 5.26. The monoisotopic (exact) mass is 474 g/mol. The van der Waals surface area contributed by atoms with Crippen LogP contribution in [-0.2, 0) is 9.59 Å². The molecule has 0 fully saturated rings. The standard InChI is InChI=1S/C30H26N4O2/c1-21(25-12-5-3-6-13-25)33-29(35)27(19-31)17-23-10-9-11-24(16-23)18-28(20-32)30(36)34-22(2)26-14-7-4-8-15-26/h3-18,21-22H,1-2H3,(H,33,35)(H,34,36). The number of nitrogens with zero attached hydrogens (tertiary/aromatic N) is 2. The molecule has 2 amide bonds. The third-order valence-electron chi connectivity index (χ3n) is 5.56. The molecule has 0 radical (unpaired) electrons. The van der Waals surface area contributed by atoms with Gasteiger partial charge in [-0.2, -0.15) is 10.5 Å². The van der Waals surface area contributed by atoms with E-state index in [1.165, 1.54) is 12.2 Å². The Kier molecular flexibility index (Phi) is 8.92. The zero-order chi connectivity index (χ0) is 25.9. The van der Waals surface area contributed by atoms with Crippen LogP contribution >= 0.6 is 0 Å². The summed E-state index contributed by atoms with van der Waals surface area (Å²) < 4.78 is 0. The first kappa shape index (κ1) is 25.7. The summed E-state index contributed by atoms with van der Waals surface area (Å²) in [5, 5.41) is 24.8. The molecule has 6 nitrogen and oxygen atoms in total. The minimum Gasteiger partial charge on any atom is -0.345 e. The van der Waals surface area contributed by atoms with Crippen molar-refractivity contribution in [2.75, 3.05) is 0 Å². The van der Waals surface area contributed by atoms with Crippen molar-refractivity contribution in [3.8, 4) is 12.1 Å². The molecule has 2 N–H and O–H groups in total. The predicted molar refractivity (Wildman–Crippen MR) is 140 cm³/mol. The van der Waals surface area contributed by atoms with Crippen molar-refractivity contribution in [1.29, 1.82) is 10.5 Å². The second kappa shape index (κ2) is 12.5. The second-order valence-corrected chi connectivity index (χ2v) is 8.22. The lowest BCUT2D eigenvalue weighted by atomic mass is 10.0. The highest BCUT2D eigenvalue weighted by atomic mass is 16.2. The molecule has 0 bridgehead atoms. The highest BCUT2D eigenvalue weighted by Crippen LogP contribution is 2.17. The van der Waals surface area contributed by atoms with E-state index in [9.17, 15) is 20.1 Å². The van der Waals surface area contributed by atoms with Crippen molar-refractivity contribution in [1.82, 2.24) is 10.6 Å². The maximum atomic E-state index is 12.7. The molecule has 0 saturated carbocycles. The Morgan fingerprint density at radius 2 is 1.06 bits per heavy atom. The van der Waals surface area contributed by atoms with E-state index in [0.29, 0.717) is 11.1 Å². The summed E-state index contributed by atoms with van der Waals surface area (Å²) in [4.78, 5) is 25.3. The summed E-state index contributed by atoms with van der Waals surface area (Å²) in [6.45, 7) is 3.70. The smallest absolute Gasteiger partial charge is 0.262 e. The van der Waals surface area contributed by atoms with Gasteiger partial charge in [0.25, 0.3) is 11.8 Å². The lowest BCUT2D eigenvalue weighted by molar-refractivity contribution is -0.118. The van der Waals surface area contributed by atoms with Gasteiger partial charge in [-0.05, 0) is 54.3 Å². The molecule has 0 aromatic heterocycles. The summed E-state index contributed by atoms with van der Waals surface area (Å²) in [6.07, 6.45) is 2.96. The summed E-state index contributed by atoms with van der Waals surface area (Å²) in [5.41, 5.74) is 2.96. The van der Waals surface area contributed by atoms with E-state index in [2.05, 4.69) is 10.6 Å². The molecule has 3 aromatic rings. The average Bonchev–Trinajstić information content (AvgIpc) is 2.91. The van der Waals surface area contributed by atoms with E-state index >= 15 is 0 Å². The summed E-state index contributed by atoms with van der Waals surface area (Å²) in [5.74, 6) is -0.969. The zero-order valence-corrected chi connectivity index (χ0v) is 20.1. The third-order valence-corrected chi connectivity index (χ3v) is 5.56. The Balaban J connectivity index is 1.75. The third kappa shape index (κ3) is 7.03. The van der Waals surface area contributed by atoms with E-state index in [0.717, 1.165) is 11.1 Å². The van der Waals surface area contributed by atoms with Gasteiger partial charge in [-0.1, -0.05) is 78.9 Å². The number of nitriles is 2. The van der Waals surface area contributed by atoms with E-state index in [1.54, 1.807) is 24.3 Å². The van der Waals surface area contributed by atoms with Gasteiger partial charge >= 0.3 is 0 Å². The van der Waals surface area contributed by atoms with Crippen molar-refractivity contribution in [2.45, 2.75) is 25.9 Å². The number of hydrogen-bond donors (Lipinski definition) is 2. The molecule has 0 spiro atoms. The number of nitrogens with one attached hydrogen (secondary N) is 2. The Hall–Kier alpha value is -4.94. The minimum absolute atomic E-state index is 0.0474. The Morgan fingerprint density at radius 3 is 1.42 bits per heavy atom. The second-order valence-electron chi connectivity index (χ2n) is 8.22. The Labute approximate surface area is 211 Å². The van der Waals surface area contributed by atoms with E-state index in [4.69, 9.17) is 0 Å². The molecule has 6 heteroatoms. The van der Waals surface area contributed by atoms with Gasteiger partial charge in [0.15, 0.2) is 0 Å². The minimum atomic E-state index is -0.484. The lowest BCUT2D eigenvalue weighted by Crippen LogP contribution is -2.27. The van der Waals surface area contributed by atoms with E-state index < -0.39 is 11.8 Å². The van der Waals surface area contributed by atoms with Crippen LogP contribution in [0.25, 0.3) is 12.2 Å². The van der Waals surface area contributed by atoms with Crippen LogP contribution in [0.5, 0.6) is 0 Å². The highest BCUT2D eigenvalue weighted by molar-refractivity contribution is 6.03. The van der Waals surface area contributed by atoms with Crippen molar-refractivity contribution < 1.29 is 9.59 Å². The van der Waals surface area contributed by atoms with Crippen molar-refractivity contribution in [2.24, 2.45) is 0 Å². The van der Waals surface area contributed by atoms with E-state index in [-0.39, 0.29) is 23.2 Å². The first-order valence-electron chi connectivity index (χ1n) is 11.5. The summed E-state index contributed by atoms with van der Waals surface area (Å²) >= 11 is 0. The number of hydrogen-bond acceptors (Lipinski definition) is 4. The fraction of sp³-hybridized carbons (Fsp3) is 0.133. The number of rotatable bonds is 8. The molecule has 0 aliphatic heterocycles. The molecular weight excluding hydrogens is 448 g/mol. The first-order chi connectivity index (χ1) is 17.4. The molecule has 2 unspecified atom stereocenters. The molecule has 0 saturated heterocycles. The largest absolute Gasteiger partial charge is 0.345 e. The molecule has 0 heterocycles. The van der Waals surface area contributed by atoms with Crippen LogP contribution in [-0.4, -0.2) is 11.8 Å². The van der Waals surface area contributed by atoms with Gasteiger partial charge in [-0.25, -0.2) is 0 Å². The van der Waals surface area contributed by atoms with E-state index in [1.807, 2.05) is 86.6 Å². The maximum Gasteiger partial charge on any atom is 0.262 e. The molecule has 2 atom stereocenters. The SMILES string of the molecule is CC(NC(=O)C(C#N)=Cc1cccc(C=C(C#N)C(=O)NC(C)c2ccccc2)c1)c1ccccc1. The van der Waals surface area contributed by atoms with Crippen LogP contribution in [0, 0.1) is 22.7 Å². The normalized spacial score (nSPS) is 13.0. The van der Waals surface area contributed by atoms with Crippen molar-refractivity contribution in [3.05, 3.63) is 118 Å².